The summed E-state index contributed by atoms with van der Waals surface area (Å²) in [6.07, 6.45) is 2.13. The number of hydrogen-bond acceptors (Lipinski definition) is 6. The van der Waals surface area contributed by atoms with Gasteiger partial charge in [0.25, 0.3) is 15.9 Å². The van der Waals surface area contributed by atoms with Gasteiger partial charge in [-0.2, -0.15) is 0 Å². The van der Waals surface area contributed by atoms with Crippen molar-refractivity contribution in [1.29, 1.82) is 0 Å². The number of sulfonamides is 1. The summed E-state index contributed by atoms with van der Waals surface area (Å²) in [7, 11) is -2.44. The van der Waals surface area contributed by atoms with Gasteiger partial charge in [0.05, 0.1) is 23.8 Å². The fraction of sp³-hybridized carbons (Fsp3) is 0.385. The van der Waals surface area contributed by atoms with E-state index >= 15 is 0 Å². The average Bonchev–Trinajstić information content (AvgIpc) is 2.88. The number of carbonyl (C=O) groups is 1. The van der Waals surface area contributed by atoms with Gasteiger partial charge in [-0.3, -0.25) is 18.8 Å². The molecule has 192 valence electrons. The first-order chi connectivity index (χ1) is 17.2. The zero-order valence-corrected chi connectivity index (χ0v) is 21.7. The number of carbonyl (C=O) groups excluding carboxylic acids is 1. The van der Waals surface area contributed by atoms with Gasteiger partial charge in [-0.25, -0.2) is 8.42 Å². The molecule has 1 amide bonds. The summed E-state index contributed by atoms with van der Waals surface area (Å²) in [6.45, 7) is 8.21. The van der Waals surface area contributed by atoms with Crippen LogP contribution < -0.4 is 15.1 Å². The number of pyridine rings is 1. The number of fused-ring (bicyclic) bond motifs is 1. The van der Waals surface area contributed by atoms with Crippen LogP contribution in [0.1, 0.15) is 27.9 Å². The van der Waals surface area contributed by atoms with Crippen molar-refractivity contribution in [2.24, 2.45) is 0 Å². The van der Waals surface area contributed by atoms with Crippen LogP contribution in [0, 0.1) is 13.8 Å². The molecule has 1 aliphatic heterocycles. The summed E-state index contributed by atoms with van der Waals surface area (Å²) in [4.78, 5) is 31.1. The third kappa shape index (κ3) is 5.45. The van der Waals surface area contributed by atoms with E-state index in [-0.39, 0.29) is 15.8 Å². The fourth-order valence-electron chi connectivity index (χ4n) is 4.30. The van der Waals surface area contributed by atoms with Gasteiger partial charge in [0.2, 0.25) is 5.43 Å². The van der Waals surface area contributed by atoms with E-state index in [9.17, 15) is 18.0 Å². The van der Waals surface area contributed by atoms with E-state index in [1.807, 2.05) is 32.0 Å². The lowest BCUT2D eigenvalue weighted by Gasteiger charge is -2.26. The quantitative estimate of drug-likeness (QED) is 0.449. The number of hydrogen-bond donors (Lipinski definition) is 2. The number of aromatic amines is 1. The molecule has 4 rings (SSSR count). The lowest BCUT2D eigenvalue weighted by molar-refractivity contribution is 0.0374. The Labute approximate surface area is 211 Å². The number of ether oxygens (including phenoxy) is 1. The normalized spacial score (nSPS) is 14.6. The highest BCUT2D eigenvalue weighted by Crippen LogP contribution is 2.27. The molecule has 0 spiro atoms. The first-order valence-electron chi connectivity index (χ1n) is 12.0. The van der Waals surface area contributed by atoms with Gasteiger partial charge < -0.3 is 15.0 Å². The molecule has 3 aromatic rings. The second-order valence-electron chi connectivity index (χ2n) is 9.06. The van der Waals surface area contributed by atoms with Gasteiger partial charge in [-0.15, -0.1) is 0 Å². The maximum absolute atomic E-state index is 13.4. The number of aromatic nitrogens is 1. The van der Waals surface area contributed by atoms with Crippen LogP contribution in [-0.4, -0.2) is 70.6 Å². The number of morpholine rings is 1. The summed E-state index contributed by atoms with van der Waals surface area (Å²) in [5.74, 6) is -0.485. The van der Waals surface area contributed by atoms with Gasteiger partial charge in [-0.1, -0.05) is 12.1 Å². The van der Waals surface area contributed by atoms with Crippen LogP contribution in [0.25, 0.3) is 10.9 Å². The molecule has 2 heterocycles. The standard InChI is InChI=1S/C26H32N4O5S/c1-18-5-6-19(2)24(15-18)29(3)36(33,34)20-7-8-23-21(16-20)25(31)22(17-28-23)26(32)27-9-4-10-30-11-13-35-14-12-30/h5-8,15-17H,4,9-14H2,1-3H3,(H,27,32)(H,28,31). The van der Waals surface area contributed by atoms with Crippen LogP contribution in [0.5, 0.6) is 0 Å². The molecule has 2 N–H and O–H groups in total. The highest BCUT2D eigenvalue weighted by Gasteiger charge is 2.24. The summed E-state index contributed by atoms with van der Waals surface area (Å²) in [5, 5.41) is 2.94. The number of H-pyrrole nitrogens is 1. The van der Waals surface area contributed by atoms with Crippen molar-refractivity contribution in [1.82, 2.24) is 15.2 Å². The number of amides is 1. The lowest BCUT2D eigenvalue weighted by atomic mass is 10.1. The molecule has 0 saturated carbocycles. The molecule has 0 radical (unpaired) electrons. The van der Waals surface area contributed by atoms with Gasteiger partial charge >= 0.3 is 0 Å². The Balaban J connectivity index is 1.54. The Bertz CT molecular complexity index is 1430. The summed E-state index contributed by atoms with van der Waals surface area (Å²) >= 11 is 0. The molecular formula is C26H32N4O5S. The molecule has 1 saturated heterocycles. The fourth-order valence-corrected chi connectivity index (χ4v) is 5.58. The number of nitrogens with one attached hydrogen (secondary N) is 2. The van der Waals surface area contributed by atoms with E-state index in [2.05, 4.69) is 15.2 Å². The predicted octanol–water partition coefficient (Wildman–Crippen LogP) is 2.42. The lowest BCUT2D eigenvalue weighted by Crippen LogP contribution is -2.38. The van der Waals surface area contributed by atoms with Crippen LogP contribution in [0.15, 0.2) is 52.3 Å². The Morgan fingerprint density at radius 1 is 1.14 bits per heavy atom. The van der Waals surface area contributed by atoms with Crippen molar-refractivity contribution >= 4 is 32.5 Å². The van der Waals surface area contributed by atoms with E-state index in [4.69, 9.17) is 4.74 Å². The number of nitrogens with zero attached hydrogens (tertiary/aromatic N) is 2. The highest BCUT2D eigenvalue weighted by atomic mass is 32.2. The largest absolute Gasteiger partial charge is 0.379 e. The molecule has 1 aromatic heterocycles. The van der Waals surface area contributed by atoms with Crippen LogP contribution >= 0.6 is 0 Å². The summed E-state index contributed by atoms with van der Waals surface area (Å²) < 4.78 is 33.3. The molecule has 10 heteroatoms. The maximum Gasteiger partial charge on any atom is 0.264 e. The third-order valence-corrected chi connectivity index (χ3v) is 8.27. The smallest absolute Gasteiger partial charge is 0.264 e. The predicted molar refractivity (Wildman–Crippen MR) is 140 cm³/mol. The molecule has 9 nitrogen and oxygen atoms in total. The molecule has 0 aliphatic carbocycles. The SMILES string of the molecule is Cc1ccc(C)c(N(C)S(=O)(=O)c2ccc3[nH]cc(C(=O)NCCCN4CCOCC4)c(=O)c3c2)c1. The van der Waals surface area contributed by atoms with Crippen molar-refractivity contribution in [2.75, 3.05) is 50.7 Å². The third-order valence-electron chi connectivity index (χ3n) is 6.50. The van der Waals surface area contributed by atoms with Gasteiger partial charge in [0, 0.05) is 43.8 Å². The van der Waals surface area contributed by atoms with E-state index in [0.717, 1.165) is 50.4 Å². The molecule has 2 aromatic carbocycles. The molecule has 1 fully saturated rings. The zero-order chi connectivity index (χ0) is 25.9. The first kappa shape index (κ1) is 25.9. The molecular weight excluding hydrogens is 480 g/mol. The number of benzene rings is 2. The van der Waals surface area contributed by atoms with Crippen molar-refractivity contribution in [2.45, 2.75) is 25.2 Å². The minimum absolute atomic E-state index is 0.0213. The number of anilines is 1. The molecule has 1 aliphatic rings. The van der Waals surface area contributed by atoms with Crippen LogP contribution in [0.2, 0.25) is 0 Å². The van der Waals surface area contributed by atoms with Gasteiger partial charge in [0.1, 0.15) is 5.56 Å². The summed E-state index contributed by atoms with van der Waals surface area (Å²) in [5.41, 5.74) is 2.21. The van der Waals surface area contributed by atoms with Crippen LogP contribution in [-0.2, 0) is 14.8 Å². The highest BCUT2D eigenvalue weighted by molar-refractivity contribution is 7.92. The molecule has 0 unspecified atom stereocenters. The Kier molecular flexibility index (Phi) is 7.77. The van der Waals surface area contributed by atoms with Crippen LogP contribution in [0.3, 0.4) is 0 Å². The van der Waals surface area contributed by atoms with Gasteiger partial charge in [0.15, 0.2) is 0 Å². The zero-order valence-electron chi connectivity index (χ0n) is 20.8. The topological polar surface area (TPSA) is 112 Å². The monoisotopic (exact) mass is 512 g/mol. The summed E-state index contributed by atoms with van der Waals surface area (Å²) in [6, 6.07) is 9.94. The van der Waals surface area contributed by atoms with Crippen molar-refractivity contribution in [3.8, 4) is 0 Å². The van der Waals surface area contributed by atoms with E-state index in [1.165, 1.54) is 29.7 Å². The number of rotatable bonds is 8. The molecule has 0 bridgehead atoms. The van der Waals surface area contributed by atoms with Crippen molar-refractivity contribution in [3.63, 3.8) is 0 Å². The second kappa shape index (κ2) is 10.8. The minimum Gasteiger partial charge on any atom is -0.379 e. The second-order valence-corrected chi connectivity index (χ2v) is 11.0. The van der Waals surface area contributed by atoms with E-state index in [0.29, 0.717) is 17.7 Å². The molecule has 36 heavy (non-hydrogen) atoms. The van der Waals surface area contributed by atoms with Gasteiger partial charge in [-0.05, 0) is 62.2 Å². The van der Waals surface area contributed by atoms with E-state index < -0.39 is 21.4 Å². The maximum atomic E-state index is 13.4. The average molecular weight is 513 g/mol. The number of aryl methyl sites for hydroxylation is 2. The first-order valence-corrected chi connectivity index (χ1v) is 13.4. The Morgan fingerprint density at radius 3 is 2.64 bits per heavy atom. The van der Waals surface area contributed by atoms with E-state index in [1.54, 1.807) is 6.07 Å². The van der Waals surface area contributed by atoms with Crippen molar-refractivity contribution < 1.29 is 17.9 Å². The Hall–Kier alpha value is -3.21. The van der Waals surface area contributed by atoms with Crippen molar-refractivity contribution in [3.05, 3.63) is 69.5 Å². The molecule has 0 atom stereocenters. The van der Waals surface area contributed by atoms with Crippen LogP contribution in [0.4, 0.5) is 5.69 Å². The minimum atomic E-state index is -3.93. The Morgan fingerprint density at radius 2 is 1.89 bits per heavy atom.